The van der Waals surface area contributed by atoms with Crippen molar-refractivity contribution in [3.63, 3.8) is 0 Å². The molecule has 0 spiro atoms. The van der Waals surface area contributed by atoms with E-state index in [0.717, 1.165) is 11.4 Å². The maximum atomic E-state index is 11.5. The topological polar surface area (TPSA) is 92.2 Å². The third-order valence-electron chi connectivity index (χ3n) is 2.09. The first kappa shape index (κ1) is 14.6. The van der Waals surface area contributed by atoms with E-state index in [9.17, 15) is 9.59 Å². The third kappa shape index (κ3) is 5.72. The lowest BCUT2D eigenvalue weighted by molar-refractivity contribution is -0.137. The Hall–Kier alpha value is -1.50. The van der Waals surface area contributed by atoms with Gasteiger partial charge in [0.1, 0.15) is 5.01 Å². The molecule has 100 valence electrons. The van der Waals surface area contributed by atoms with Crippen LogP contribution in [-0.2, 0) is 16.0 Å². The fraction of sp³-hybridized carbons (Fsp3) is 0.636. The number of carbonyl (C=O) groups excluding carboxylic acids is 1. The van der Waals surface area contributed by atoms with Crippen molar-refractivity contribution in [3.8, 4) is 0 Å². The van der Waals surface area contributed by atoms with Crippen molar-refractivity contribution in [1.29, 1.82) is 0 Å². The van der Waals surface area contributed by atoms with Gasteiger partial charge in [-0.05, 0) is 12.3 Å². The van der Waals surface area contributed by atoms with Crippen LogP contribution in [0, 0.1) is 5.92 Å². The van der Waals surface area contributed by atoms with Gasteiger partial charge in [-0.15, -0.1) is 10.2 Å². The van der Waals surface area contributed by atoms with E-state index in [4.69, 9.17) is 5.11 Å². The molecule has 0 aliphatic heterocycles. The Morgan fingerprint density at radius 1 is 1.33 bits per heavy atom. The van der Waals surface area contributed by atoms with Crippen LogP contribution < -0.4 is 5.32 Å². The fourth-order valence-electron chi connectivity index (χ4n) is 1.32. The fourth-order valence-corrected chi connectivity index (χ4v) is 2.29. The van der Waals surface area contributed by atoms with E-state index in [-0.39, 0.29) is 18.7 Å². The number of nitrogens with one attached hydrogen (secondary N) is 1. The summed E-state index contributed by atoms with van der Waals surface area (Å²) in [6, 6.07) is 0. The third-order valence-corrected chi connectivity index (χ3v) is 2.95. The molecular weight excluding hydrogens is 254 g/mol. The van der Waals surface area contributed by atoms with Crippen molar-refractivity contribution in [3.05, 3.63) is 5.01 Å². The van der Waals surface area contributed by atoms with E-state index in [1.807, 2.05) is 0 Å². The van der Waals surface area contributed by atoms with Crippen molar-refractivity contribution in [2.75, 3.05) is 5.32 Å². The molecule has 18 heavy (non-hydrogen) atoms. The second-order valence-corrected chi connectivity index (χ2v) is 5.46. The molecule has 0 radical (unpaired) electrons. The molecule has 0 unspecified atom stereocenters. The highest BCUT2D eigenvalue weighted by Gasteiger charge is 2.09. The standard InChI is InChI=1S/C11H17N3O3S/c1-7(2)6-9-13-14-11(18-9)12-8(15)4-3-5-10(16)17/h7H,3-6H2,1-2H3,(H,16,17)(H,12,14,15). The second-order valence-electron chi connectivity index (χ2n) is 4.39. The molecule has 1 aromatic rings. The first-order valence-corrected chi connectivity index (χ1v) is 6.63. The highest BCUT2D eigenvalue weighted by molar-refractivity contribution is 7.15. The van der Waals surface area contributed by atoms with Gasteiger partial charge >= 0.3 is 5.97 Å². The Labute approximate surface area is 109 Å². The SMILES string of the molecule is CC(C)Cc1nnc(NC(=O)CCCC(=O)O)s1. The number of carbonyl (C=O) groups is 2. The predicted molar refractivity (Wildman–Crippen MR) is 68.6 cm³/mol. The van der Waals surface area contributed by atoms with E-state index in [1.54, 1.807) is 0 Å². The molecule has 7 heteroatoms. The van der Waals surface area contributed by atoms with E-state index in [1.165, 1.54) is 11.3 Å². The molecule has 0 aliphatic rings. The largest absolute Gasteiger partial charge is 0.481 e. The van der Waals surface area contributed by atoms with Gasteiger partial charge in [-0.3, -0.25) is 9.59 Å². The number of amides is 1. The van der Waals surface area contributed by atoms with Gasteiger partial charge < -0.3 is 10.4 Å². The Kier molecular flexibility index (Phi) is 5.70. The van der Waals surface area contributed by atoms with Crippen molar-refractivity contribution in [2.45, 2.75) is 39.5 Å². The minimum absolute atomic E-state index is 0.00212. The summed E-state index contributed by atoms with van der Waals surface area (Å²) in [7, 11) is 0. The maximum absolute atomic E-state index is 11.5. The number of hydrogen-bond donors (Lipinski definition) is 2. The lowest BCUT2D eigenvalue weighted by Crippen LogP contribution is -2.11. The Morgan fingerprint density at radius 2 is 2.06 bits per heavy atom. The first-order valence-electron chi connectivity index (χ1n) is 5.81. The van der Waals surface area contributed by atoms with Crippen LogP contribution >= 0.6 is 11.3 Å². The van der Waals surface area contributed by atoms with Crippen molar-refractivity contribution in [1.82, 2.24) is 10.2 Å². The molecule has 0 saturated carbocycles. The van der Waals surface area contributed by atoms with Gasteiger partial charge in [-0.1, -0.05) is 25.2 Å². The number of nitrogens with zero attached hydrogens (tertiary/aromatic N) is 2. The summed E-state index contributed by atoms with van der Waals surface area (Å²) in [5, 5.41) is 20.3. The number of anilines is 1. The first-order chi connectivity index (χ1) is 8.47. The van der Waals surface area contributed by atoms with Crippen LogP contribution in [0.25, 0.3) is 0 Å². The molecule has 0 aromatic carbocycles. The predicted octanol–water partition coefficient (Wildman–Crippen LogP) is 1.93. The summed E-state index contributed by atoms with van der Waals surface area (Å²) in [5.41, 5.74) is 0. The van der Waals surface area contributed by atoms with Crippen LogP contribution in [0.3, 0.4) is 0 Å². The molecular formula is C11H17N3O3S. The van der Waals surface area contributed by atoms with Gasteiger partial charge in [-0.2, -0.15) is 0 Å². The number of carboxylic acids is 1. The van der Waals surface area contributed by atoms with Gasteiger partial charge in [0, 0.05) is 19.3 Å². The summed E-state index contributed by atoms with van der Waals surface area (Å²) in [5.74, 6) is -0.612. The molecule has 2 N–H and O–H groups in total. The Bertz CT molecular complexity index is 417. The summed E-state index contributed by atoms with van der Waals surface area (Å²) >= 11 is 1.36. The Balaban J connectivity index is 2.35. The molecule has 1 rings (SSSR count). The summed E-state index contributed by atoms with van der Waals surface area (Å²) in [6.45, 7) is 4.18. The van der Waals surface area contributed by atoms with E-state index >= 15 is 0 Å². The van der Waals surface area contributed by atoms with Crippen LogP contribution in [0.2, 0.25) is 0 Å². The minimum atomic E-state index is -0.891. The van der Waals surface area contributed by atoms with Crippen LogP contribution in [0.1, 0.15) is 38.1 Å². The highest BCUT2D eigenvalue weighted by Crippen LogP contribution is 2.18. The second kappa shape index (κ2) is 7.05. The van der Waals surface area contributed by atoms with E-state index in [0.29, 0.717) is 17.5 Å². The van der Waals surface area contributed by atoms with Crippen LogP contribution in [0.4, 0.5) is 5.13 Å². The number of aliphatic carboxylic acids is 1. The molecule has 0 aliphatic carbocycles. The summed E-state index contributed by atoms with van der Waals surface area (Å²) < 4.78 is 0. The Morgan fingerprint density at radius 3 is 2.67 bits per heavy atom. The zero-order valence-electron chi connectivity index (χ0n) is 10.5. The molecule has 1 amide bonds. The number of carboxylic acid groups (broad SMARTS) is 1. The molecule has 1 heterocycles. The van der Waals surface area contributed by atoms with E-state index in [2.05, 4.69) is 29.4 Å². The van der Waals surface area contributed by atoms with Crippen molar-refractivity contribution >= 4 is 28.3 Å². The molecule has 1 aromatic heterocycles. The highest BCUT2D eigenvalue weighted by atomic mass is 32.1. The normalized spacial score (nSPS) is 10.6. The van der Waals surface area contributed by atoms with Crippen LogP contribution in [0.5, 0.6) is 0 Å². The van der Waals surface area contributed by atoms with Gasteiger partial charge in [0.05, 0.1) is 0 Å². The monoisotopic (exact) mass is 271 g/mol. The van der Waals surface area contributed by atoms with Crippen LogP contribution in [0.15, 0.2) is 0 Å². The quantitative estimate of drug-likeness (QED) is 0.790. The number of hydrogen-bond acceptors (Lipinski definition) is 5. The van der Waals surface area contributed by atoms with E-state index < -0.39 is 5.97 Å². The number of rotatable bonds is 7. The van der Waals surface area contributed by atoms with Gasteiger partial charge in [-0.25, -0.2) is 0 Å². The van der Waals surface area contributed by atoms with Gasteiger partial charge in [0.2, 0.25) is 11.0 Å². The van der Waals surface area contributed by atoms with Crippen LogP contribution in [-0.4, -0.2) is 27.2 Å². The summed E-state index contributed by atoms with van der Waals surface area (Å²) in [6.07, 6.45) is 1.36. The molecule has 0 atom stereocenters. The molecule has 6 nitrogen and oxygen atoms in total. The molecule has 0 fully saturated rings. The van der Waals surface area contributed by atoms with Crippen molar-refractivity contribution < 1.29 is 14.7 Å². The maximum Gasteiger partial charge on any atom is 0.303 e. The van der Waals surface area contributed by atoms with Gasteiger partial charge in [0.15, 0.2) is 0 Å². The molecule has 0 saturated heterocycles. The zero-order valence-corrected chi connectivity index (χ0v) is 11.3. The lowest BCUT2D eigenvalue weighted by atomic mass is 10.1. The lowest BCUT2D eigenvalue weighted by Gasteiger charge is -1.99. The molecule has 0 bridgehead atoms. The summed E-state index contributed by atoms with van der Waals surface area (Å²) in [4.78, 5) is 21.8. The van der Waals surface area contributed by atoms with Crippen molar-refractivity contribution in [2.24, 2.45) is 5.92 Å². The average molecular weight is 271 g/mol. The van der Waals surface area contributed by atoms with Gasteiger partial charge in [0.25, 0.3) is 0 Å². The minimum Gasteiger partial charge on any atom is -0.481 e. The number of aromatic nitrogens is 2. The smallest absolute Gasteiger partial charge is 0.303 e. The average Bonchev–Trinajstić information content (AvgIpc) is 2.63. The zero-order chi connectivity index (χ0) is 13.5.